The third-order valence-corrected chi connectivity index (χ3v) is 5.58. The molecule has 3 aromatic heterocycles. The highest BCUT2D eigenvalue weighted by molar-refractivity contribution is 5.96. The van der Waals surface area contributed by atoms with Crippen LogP contribution in [0.2, 0.25) is 0 Å². The number of carbonyl (C=O) groups is 2. The van der Waals surface area contributed by atoms with Crippen molar-refractivity contribution in [2.75, 3.05) is 5.32 Å². The molecule has 0 spiro atoms. The van der Waals surface area contributed by atoms with Crippen molar-refractivity contribution in [3.05, 3.63) is 51.7 Å². The average molecular weight is 404 g/mol. The Morgan fingerprint density at radius 1 is 1.20 bits per heavy atom. The topological polar surface area (TPSA) is 94.0 Å². The summed E-state index contributed by atoms with van der Waals surface area (Å²) < 4.78 is 1.56. The molecule has 30 heavy (non-hydrogen) atoms. The summed E-state index contributed by atoms with van der Waals surface area (Å²) in [4.78, 5) is 46.0. The summed E-state index contributed by atoms with van der Waals surface area (Å²) in [7, 11) is 1.70. The monoisotopic (exact) mass is 404 g/mol. The number of pyridine rings is 3. The predicted octanol–water partition coefficient (Wildman–Crippen LogP) is 3.55. The number of rotatable bonds is 5. The van der Waals surface area contributed by atoms with Gasteiger partial charge < -0.3 is 9.88 Å². The highest BCUT2D eigenvalue weighted by Gasteiger charge is 2.29. The normalized spacial score (nSPS) is 13.5. The van der Waals surface area contributed by atoms with E-state index in [1.807, 2.05) is 13.8 Å². The molecular weight excluding hydrogens is 380 g/mol. The lowest BCUT2D eigenvalue weighted by atomic mass is 9.97. The number of amides is 1. The first-order chi connectivity index (χ1) is 14.3. The first-order valence-corrected chi connectivity index (χ1v) is 10.1. The second-order valence-electron chi connectivity index (χ2n) is 7.88. The Kier molecular flexibility index (Phi) is 4.97. The van der Waals surface area contributed by atoms with Crippen molar-refractivity contribution in [2.24, 2.45) is 13.0 Å². The molecular formula is C23H24N4O3. The number of nitrogens with one attached hydrogen (secondary N) is 1. The van der Waals surface area contributed by atoms with Gasteiger partial charge in [-0.2, -0.15) is 0 Å². The minimum Gasteiger partial charge on any atom is -0.311 e. The van der Waals surface area contributed by atoms with E-state index in [-0.39, 0.29) is 23.2 Å². The van der Waals surface area contributed by atoms with Gasteiger partial charge in [-0.25, -0.2) is 9.97 Å². The first-order valence-electron chi connectivity index (χ1n) is 10.1. The molecule has 0 saturated heterocycles. The van der Waals surface area contributed by atoms with Crippen LogP contribution in [0.1, 0.15) is 47.9 Å². The summed E-state index contributed by atoms with van der Waals surface area (Å²) in [6.07, 6.45) is 3.87. The second-order valence-corrected chi connectivity index (χ2v) is 7.88. The van der Waals surface area contributed by atoms with Crippen molar-refractivity contribution in [2.45, 2.75) is 40.0 Å². The molecule has 7 heteroatoms. The molecule has 0 unspecified atom stereocenters. The smallest absolute Gasteiger partial charge is 0.258 e. The van der Waals surface area contributed by atoms with Crippen LogP contribution in [-0.2, 0) is 11.8 Å². The summed E-state index contributed by atoms with van der Waals surface area (Å²) >= 11 is 0. The van der Waals surface area contributed by atoms with Crippen molar-refractivity contribution in [1.29, 1.82) is 0 Å². The van der Waals surface area contributed by atoms with E-state index >= 15 is 0 Å². The van der Waals surface area contributed by atoms with E-state index in [1.165, 1.54) is 0 Å². The van der Waals surface area contributed by atoms with Gasteiger partial charge in [0.1, 0.15) is 11.5 Å². The zero-order chi connectivity index (χ0) is 21.6. The van der Waals surface area contributed by atoms with Crippen LogP contribution in [0, 0.1) is 19.8 Å². The molecule has 1 amide bonds. The molecule has 1 fully saturated rings. The number of fused-ring (bicyclic) bond motifs is 1. The van der Waals surface area contributed by atoms with E-state index in [9.17, 15) is 14.4 Å². The average Bonchev–Trinajstić information content (AvgIpc) is 3.56. The molecule has 0 radical (unpaired) electrons. The highest BCUT2D eigenvalue weighted by Crippen LogP contribution is 2.31. The Morgan fingerprint density at radius 2 is 1.93 bits per heavy atom. The number of aryl methyl sites for hydroxylation is 3. The van der Waals surface area contributed by atoms with Crippen LogP contribution in [0.25, 0.3) is 22.0 Å². The van der Waals surface area contributed by atoms with Crippen molar-refractivity contribution in [3.8, 4) is 11.1 Å². The lowest BCUT2D eigenvalue weighted by molar-refractivity contribution is -0.117. The van der Waals surface area contributed by atoms with Gasteiger partial charge in [-0.05, 0) is 44.4 Å². The lowest BCUT2D eigenvalue weighted by Gasteiger charge is -2.14. The van der Waals surface area contributed by atoms with E-state index in [0.29, 0.717) is 34.7 Å². The van der Waals surface area contributed by atoms with E-state index in [1.54, 1.807) is 42.9 Å². The fraction of sp³-hybridized carbons (Fsp3) is 0.348. The number of nitrogens with zero attached hydrogens (tertiary/aromatic N) is 3. The summed E-state index contributed by atoms with van der Waals surface area (Å²) in [6, 6.07) is 5.27. The van der Waals surface area contributed by atoms with Gasteiger partial charge in [0, 0.05) is 53.9 Å². The Balaban J connectivity index is 1.81. The standard InChI is InChI=1S/C23H24N4O3/c1-5-19(28)17-8-12(2)21(13(3)25-17)16-9-15-11-24-20(26-22(29)14-6-7-14)10-18(15)27(4)23(16)30/h8-11,14H,5-7H2,1-4H3,(H,24,26,29). The number of hydrogen-bond donors (Lipinski definition) is 1. The van der Waals surface area contributed by atoms with Crippen LogP contribution in [0.5, 0.6) is 0 Å². The Morgan fingerprint density at radius 3 is 2.57 bits per heavy atom. The van der Waals surface area contributed by atoms with Crippen LogP contribution < -0.4 is 10.9 Å². The second kappa shape index (κ2) is 7.48. The van der Waals surface area contributed by atoms with Crippen LogP contribution in [0.15, 0.2) is 29.2 Å². The number of anilines is 1. The van der Waals surface area contributed by atoms with Crippen LogP contribution >= 0.6 is 0 Å². The summed E-state index contributed by atoms with van der Waals surface area (Å²) in [5, 5.41) is 3.60. The Bertz CT molecular complexity index is 1230. The van der Waals surface area contributed by atoms with Gasteiger partial charge in [-0.15, -0.1) is 0 Å². The van der Waals surface area contributed by atoms with Gasteiger partial charge in [0.15, 0.2) is 5.78 Å². The molecule has 1 aliphatic rings. The molecule has 4 rings (SSSR count). The fourth-order valence-electron chi connectivity index (χ4n) is 3.75. The zero-order valence-corrected chi connectivity index (χ0v) is 17.6. The van der Waals surface area contributed by atoms with Gasteiger partial charge in [-0.3, -0.25) is 14.4 Å². The number of Topliss-reactive ketones (excluding diaryl/α,β-unsaturated/α-hetero) is 1. The zero-order valence-electron chi connectivity index (χ0n) is 17.6. The molecule has 3 aromatic rings. The van der Waals surface area contributed by atoms with Crippen molar-refractivity contribution in [1.82, 2.24) is 14.5 Å². The van der Waals surface area contributed by atoms with Gasteiger partial charge in [0.05, 0.1) is 5.52 Å². The molecule has 0 aromatic carbocycles. The van der Waals surface area contributed by atoms with Gasteiger partial charge in [-0.1, -0.05) is 6.92 Å². The van der Waals surface area contributed by atoms with Crippen molar-refractivity contribution >= 4 is 28.4 Å². The maximum Gasteiger partial charge on any atom is 0.258 e. The maximum atomic E-state index is 13.2. The van der Waals surface area contributed by atoms with Crippen molar-refractivity contribution in [3.63, 3.8) is 0 Å². The molecule has 0 aliphatic heterocycles. The highest BCUT2D eigenvalue weighted by atomic mass is 16.2. The minimum atomic E-state index is -0.171. The number of carbonyl (C=O) groups excluding carboxylic acids is 2. The molecule has 1 N–H and O–H groups in total. The Labute approximate surface area is 174 Å². The third-order valence-electron chi connectivity index (χ3n) is 5.58. The molecule has 0 atom stereocenters. The van der Waals surface area contributed by atoms with E-state index < -0.39 is 0 Å². The number of ketones is 1. The van der Waals surface area contributed by atoms with E-state index in [4.69, 9.17) is 0 Å². The van der Waals surface area contributed by atoms with Crippen LogP contribution in [-0.4, -0.2) is 26.2 Å². The van der Waals surface area contributed by atoms with Gasteiger partial charge in [0.25, 0.3) is 5.56 Å². The molecule has 154 valence electrons. The third kappa shape index (κ3) is 3.51. The predicted molar refractivity (Wildman–Crippen MR) is 116 cm³/mol. The van der Waals surface area contributed by atoms with Crippen molar-refractivity contribution < 1.29 is 9.59 Å². The lowest BCUT2D eigenvalue weighted by Crippen LogP contribution is -2.21. The Hall–Kier alpha value is -3.35. The van der Waals surface area contributed by atoms with Gasteiger partial charge >= 0.3 is 0 Å². The largest absolute Gasteiger partial charge is 0.311 e. The number of hydrogen-bond acceptors (Lipinski definition) is 5. The number of aromatic nitrogens is 3. The summed E-state index contributed by atoms with van der Waals surface area (Å²) in [5.41, 5.74) is 3.66. The van der Waals surface area contributed by atoms with E-state index in [0.717, 1.165) is 29.4 Å². The molecule has 0 bridgehead atoms. The fourth-order valence-corrected chi connectivity index (χ4v) is 3.75. The van der Waals surface area contributed by atoms with E-state index in [2.05, 4.69) is 15.3 Å². The maximum absolute atomic E-state index is 13.2. The summed E-state index contributed by atoms with van der Waals surface area (Å²) in [6.45, 7) is 5.50. The SMILES string of the molecule is CCC(=O)c1cc(C)c(-c2cc3cnc(NC(=O)C4CC4)cc3n(C)c2=O)c(C)n1. The summed E-state index contributed by atoms with van der Waals surface area (Å²) in [5.74, 6) is 0.472. The minimum absolute atomic E-state index is 0.0239. The quantitative estimate of drug-likeness (QED) is 0.656. The molecule has 1 saturated carbocycles. The van der Waals surface area contributed by atoms with Crippen LogP contribution in [0.4, 0.5) is 5.82 Å². The molecule has 1 aliphatic carbocycles. The van der Waals surface area contributed by atoms with Crippen LogP contribution in [0.3, 0.4) is 0 Å². The molecule has 3 heterocycles. The van der Waals surface area contributed by atoms with Gasteiger partial charge in [0.2, 0.25) is 5.91 Å². The first kappa shape index (κ1) is 19.9. The molecule has 7 nitrogen and oxygen atoms in total.